The van der Waals surface area contributed by atoms with Gasteiger partial charge in [0.2, 0.25) is 0 Å². The molecule has 2 aromatic rings. The van der Waals surface area contributed by atoms with Crippen molar-refractivity contribution in [2.45, 2.75) is 71.1 Å². The van der Waals surface area contributed by atoms with Gasteiger partial charge in [-0.25, -0.2) is 0 Å². The first-order chi connectivity index (χ1) is 11.8. The minimum absolute atomic E-state index is 0.317. The number of fused-ring (bicyclic) bond motifs is 1. The number of phenols is 1. The first-order valence-electron chi connectivity index (χ1n) is 9.66. The summed E-state index contributed by atoms with van der Waals surface area (Å²) in [7, 11) is 0. The molecule has 0 radical (unpaired) electrons. The first-order valence-corrected chi connectivity index (χ1v) is 9.66. The van der Waals surface area contributed by atoms with Crippen molar-refractivity contribution in [3.05, 3.63) is 36.4 Å². The summed E-state index contributed by atoms with van der Waals surface area (Å²) in [6.07, 6.45) is 13.3. The monoisotopic (exact) mass is 328 g/mol. The van der Waals surface area contributed by atoms with Gasteiger partial charge < -0.3 is 9.84 Å². The molecule has 0 fully saturated rings. The maximum atomic E-state index is 9.90. The lowest BCUT2D eigenvalue weighted by Gasteiger charge is -2.10. The lowest BCUT2D eigenvalue weighted by molar-refractivity contribution is 0.307. The first kappa shape index (κ1) is 18.6. The maximum absolute atomic E-state index is 9.90. The van der Waals surface area contributed by atoms with Crippen LogP contribution in [0.25, 0.3) is 10.8 Å². The van der Waals surface area contributed by atoms with Gasteiger partial charge in [-0.2, -0.15) is 0 Å². The summed E-state index contributed by atoms with van der Waals surface area (Å²) in [6, 6.07) is 11.4. The highest BCUT2D eigenvalue weighted by Crippen LogP contribution is 2.31. The zero-order valence-corrected chi connectivity index (χ0v) is 15.1. The van der Waals surface area contributed by atoms with Gasteiger partial charge in [0.15, 0.2) is 0 Å². The van der Waals surface area contributed by atoms with Crippen molar-refractivity contribution < 1.29 is 9.84 Å². The van der Waals surface area contributed by atoms with Gasteiger partial charge in [0.25, 0.3) is 0 Å². The highest BCUT2D eigenvalue weighted by atomic mass is 16.5. The molecule has 2 rings (SSSR count). The fourth-order valence-corrected chi connectivity index (χ4v) is 3.16. The second-order valence-corrected chi connectivity index (χ2v) is 6.66. The lowest BCUT2D eigenvalue weighted by Crippen LogP contribution is -1.98. The number of aromatic hydroxyl groups is 1. The van der Waals surface area contributed by atoms with Crippen LogP contribution in [0.1, 0.15) is 71.1 Å². The van der Waals surface area contributed by atoms with Crippen LogP contribution in [0.4, 0.5) is 0 Å². The van der Waals surface area contributed by atoms with Crippen molar-refractivity contribution in [1.82, 2.24) is 0 Å². The second-order valence-electron chi connectivity index (χ2n) is 6.66. The second kappa shape index (κ2) is 11.0. The van der Waals surface area contributed by atoms with Crippen LogP contribution in [0.3, 0.4) is 0 Å². The zero-order valence-electron chi connectivity index (χ0n) is 15.1. The third kappa shape index (κ3) is 6.07. The molecule has 2 heteroatoms. The maximum Gasteiger partial charge on any atom is 0.127 e. The summed E-state index contributed by atoms with van der Waals surface area (Å²) in [6.45, 7) is 3.02. The Bertz CT molecular complexity index is 592. The Labute approximate surface area is 146 Å². The molecule has 0 saturated carbocycles. The molecule has 0 unspecified atom stereocenters. The molecule has 24 heavy (non-hydrogen) atoms. The molecule has 0 heterocycles. The highest BCUT2D eigenvalue weighted by Gasteiger charge is 2.04. The standard InChI is InChI=1S/C22H32O2/c1-2-3-4-5-6-7-8-9-10-11-18-24-22-17-13-14-19-20(22)15-12-16-21(19)23/h12-17,23H,2-11,18H2,1H3. The number of ether oxygens (including phenoxy) is 1. The third-order valence-electron chi connectivity index (χ3n) is 4.61. The van der Waals surface area contributed by atoms with Gasteiger partial charge in [0, 0.05) is 10.8 Å². The molecule has 0 aliphatic heterocycles. The normalized spacial score (nSPS) is 11.0. The number of benzene rings is 2. The summed E-state index contributed by atoms with van der Waals surface area (Å²) in [5.74, 6) is 1.19. The van der Waals surface area contributed by atoms with E-state index in [-0.39, 0.29) is 0 Å². The minimum atomic E-state index is 0.317. The molecule has 0 aliphatic rings. The molecule has 132 valence electrons. The average Bonchev–Trinajstić information content (AvgIpc) is 2.60. The highest BCUT2D eigenvalue weighted by molar-refractivity contribution is 5.92. The Hall–Kier alpha value is -1.70. The van der Waals surface area contributed by atoms with Crippen LogP contribution in [0.15, 0.2) is 36.4 Å². The van der Waals surface area contributed by atoms with Gasteiger partial charge in [0.1, 0.15) is 11.5 Å². The molecule has 0 bridgehead atoms. The molecule has 0 aromatic heterocycles. The Kier molecular flexibility index (Phi) is 8.51. The molecule has 0 amide bonds. The topological polar surface area (TPSA) is 29.5 Å². The van der Waals surface area contributed by atoms with Crippen molar-refractivity contribution in [2.75, 3.05) is 6.61 Å². The number of phenolic OH excluding ortho intramolecular Hbond substituents is 1. The summed E-state index contributed by atoms with van der Waals surface area (Å²) >= 11 is 0. The van der Waals surface area contributed by atoms with E-state index in [9.17, 15) is 5.11 Å². The van der Waals surface area contributed by atoms with Crippen LogP contribution in [-0.4, -0.2) is 11.7 Å². The zero-order chi connectivity index (χ0) is 17.0. The van der Waals surface area contributed by atoms with E-state index in [4.69, 9.17) is 4.74 Å². The SMILES string of the molecule is CCCCCCCCCCCCOc1cccc2c(O)cccc12. The largest absolute Gasteiger partial charge is 0.507 e. The van der Waals surface area contributed by atoms with Crippen molar-refractivity contribution in [1.29, 1.82) is 0 Å². The van der Waals surface area contributed by atoms with E-state index in [2.05, 4.69) is 6.92 Å². The quantitative estimate of drug-likeness (QED) is 0.432. The van der Waals surface area contributed by atoms with Crippen molar-refractivity contribution in [3.63, 3.8) is 0 Å². The van der Waals surface area contributed by atoms with Gasteiger partial charge >= 0.3 is 0 Å². The number of hydrogen-bond donors (Lipinski definition) is 1. The van der Waals surface area contributed by atoms with Gasteiger partial charge in [0.05, 0.1) is 6.61 Å². The number of hydrogen-bond acceptors (Lipinski definition) is 2. The predicted molar refractivity (Wildman–Crippen MR) is 103 cm³/mol. The van der Waals surface area contributed by atoms with Crippen LogP contribution in [0.2, 0.25) is 0 Å². The fourth-order valence-electron chi connectivity index (χ4n) is 3.16. The molecule has 2 nitrogen and oxygen atoms in total. The molecule has 1 N–H and O–H groups in total. The van der Waals surface area contributed by atoms with Crippen LogP contribution < -0.4 is 4.74 Å². The molecular weight excluding hydrogens is 296 g/mol. The van der Waals surface area contributed by atoms with Crippen LogP contribution >= 0.6 is 0 Å². The Balaban J connectivity index is 1.59. The Morgan fingerprint density at radius 3 is 2.00 bits per heavy atom. The van der Waals surface area contributed by atoms with E-state index >= 15 is 0 Å². The fraction of sp³-hybridized carbons (Fsp3) is 0.545. The van der Waals surface area contributed by atoms with E-state index < -0.39 is 0 Å². The molecule has 0 atom stereocenters. The third-order valence-corrected chi connectivity index (χ3v) is 4.61. The smallest absolute Gasteiger partial charge is 0.127 e. The van der Waals surface area contributed by atoms with Crippen molar-refractivity contribution in [2.24, 2.45) is 0 Å². The molecule has 0 spiro atoms. The summed E-state index contributed by atoms with van der Waals surface area (Å²) in [4.78, 5) is 0. The van der Waals surface area contributed by atoms with Crippen LogP contribution in [-0.2, 0) is 0 Å². The van der Waals surface area contributed by atoms with E-state index in [0.717, 1.165) is 29.5 Å². The van der Waals surface area contributed by atoms with Gasteiger partial charge in [-0.3, -0.25) is 0 Å². The predicted octanol–water partition coefficient (Wildman–Crippen LogP) is 6.85. The Morgan fingerprint density at radius 2 is 1.29 bits per heavy atom. The number of rotatable bonds is 12. The van der Waals surface area contributed by atoms with Crippen molar-refractivity contribution >= 4 is 10.8 Å². The van der Waals surface area contributed by atoms with Crippen LogP contribution in [0.5, 0.6) is 11.5 Å². The van der Waals surface area contributed by atoms with E-state index in [1.54, 1.807) is 6.07 Å². The Morgan fingerprint density at radius 1 is 0.708 bits per heavy atom. The average molecular weight is 328 g/mol. The molecular formula is C22H32O2. The molecule has 0 aliphatic carbocycles. The summed E-state index contributed by atoms with van der Waals surface area (Å²) in [5.41, 5.74) is 0. The van der Waals surface area contributed by atoms with Gasteiger partial charge in [-0.1, -0.05) is 89.0 Å². The lowest BCUT2D eigenvalue weighted by atomic mass is 10.1. The van der Waals surface area contributed by atoms with Crippen LogP contribution in [0, 0.1) is 0 Å². The van der Waals surface area contributed by atoms with E-state index in [0.29, 0.717) is 5.75 Å². The van der Waals surface area contributed by atoms with Gasteiger partial charge in [-0.05, 0) is 18.6 Å². The van der Waals surface area contributed by atoms with Crippen molar-refractivity contribution in [3.8, 4) is 11.5 Å². The summed E-state index contributed by atoms with van der Waals surface area (Å²) in [5, 5.41) is 11.7. The van der Waals surface area contributed by atoms with E-state index in [1.807, 2.05) is 30.3 Å². The molecule has 2 aromatic carbocycles. The minimum Gasteiger partial charge on any atom is -0.507 e. The number of unbranched alkanes of at least 4 members (excludes halogenated alkanes) is 9. The summed E-state index contributed by atoms with van der Waals surface area (Å²) < 4.78 is 5.94. The van der Waals surface area contributed by atoms with Gasteiger partial charge in [-0.15, -0.1) is 0 Å². The molecule has 0 saturated heterocycles. The van der Waals surface area contributed by atoms with E-state index in [1.165, 1.54) is 57.8 Å².